The van der Waals surface area contributed by atoms with Crippen LogP contribution in [0.5, 0.6) is 0 Å². The number of nitrogens with two attached hydrogens (primary N) is 1. The Morgan fingerprint density at radius 2 is 1.90 bits per heavy atom. The van der Waals surface area contributed by atoms with Gasteiger partial charge in [-0.25, -0.2) is 4.98 Å². The average molecular weight is 265 g/mol. The first kappa shape index (κ1) is 12.9. The van der Waals surface area contributed by atoms with Crippen LogP contribution in [-0.4, -0.2) is 15.9 Å². The molecule has 0 fully saturated rings. The van der Waals surface area contributed by atoms with Crippen LogP contribution in [0.2, 0.25) is 0 Å². The number of hydrogen-bond acceptors (Lipinski definition) is 2. The maximum atomic E-state index is 5.67. The molecule has 3 nitrogen and oxygen atoms in total. The first-order valence-electron chi connectivity index (χ1n) is 7.02. The standard InChI is InChI=1S/C17H19N3/c1-13-7-9-14(10-8-13)17-15(5-4-11-18)20-12-3-2-6-16(20)19-17/h2-3,6-10,12H,4-5,11,18H2,1H3. The number of aryl methyl sites for hydroxylation is 2. The average Bonchev–Trinajstić information content (AvgIpc) is 2.84. The summed E-state index contributed by atoms with van der Waals surface area (Å²) in [7, 11) is 0. The van der Waals surface area contributed by atoms with Crippen LogP contribution in [0.15, 0.2) is 48.7 Å². The number of aromatic nitrogens is 2. The van der Waals surface area contributed by atoms with E-state index in [2.05, 4.69) is 41.8 Å². The Balaban J connectivity index is 2.15. The molecule has 0 spiro atoms. The van der Waals surface area contributed by atoms with Gasteiger partial charge < -0.3 is 10.1 Å². The van der Waals surface area contributed by atoms with Crippen LogP contribution >= 0.6 is 0 Å². The van der Waals surface area contributed by atoms with E-state index >= 15 is 0 Å². The Morgan fingerprint density at radius 1 is 1.10 bits per heavy atom. The maximum Gasteiger partial charge on any atom is 0.137 e. The monoisotopic (exact) mass is 265 g/mol. The van der Waals surface area contributed by atoms with Crippen molar-refractivity contribution in [3.8, 4) is 11.3 Å². The van der Waals surface area contributed by atoms with Gasteiger partial charge in [0.25, 0.3) is 0 Å². The van der Waals surface area contributed by atoms with Crippen LogP contribution in [0, 0.1) is 6.92 Å². The zero-order valence-electron chi connectivity index (χ0n) is 11.7. The molecule has 0 saturated carbocycles. The second-order valence-corrected chi connectivity index (χ2v) is 5.09. The zero-order chi connectivity index (χ0) is 13.9. The molecule has 0 amide bonds. The van der Waals surface area contributed by atoms with Crippen LogP contribution in [0.4, 0.5) is 0 Å². The van der Waals surface area contributed by atoms with Crippen molar-refractivity contribution in [2.75, 3.05) is 6.54 Å². The largest absolute Gasteiger partial charge is 0.330 e. The molecule has 2 N–H and O–H groups in total. The molecule has 20 heavy (non-hydrogen) atoms. The van der Waals surface area contributed by atoms with Crippen molar-refractivity contribution in [2.24, 2.45) is 5.73 Å². The summed E-state index contributed by atoms with van der Waals surface area (Å²) in [6.45, 7) is 2.80. The molecule has 102 valence electrons. The van der Waals surface area contributed by atoms with Crippen LogP contribution in [0.25, 0.3) is 16.9 Å². The van der Waals surface area contributed by atoms with Gasteiger partial charge in [0.15, 0.2) is 0 Å². The van der Waals surface area contributed by atoms with Gasteiger partial charge in [-0.2, -0.15) is 0 Å². The first-order chi connectivity index (χ1) is 9.79. The number of fused-ring (bicyclic) bond motifs is 1. The predicted molar refractivity (Wildman–Crippen MR) is 82.7 cm³/mol. The maximum absolute atomic E-state index is 5.67. The van der Waals surface area contributed by atoms with Crippen LogP contribution in [-0.2, 0) is 6.42 Å². The Hall–Kier alpha value is -2.13. The second kappa shape index (κ2) is 5.47. The van der Waals surface area contributed by atoms with E-state index in [1.54, 1.807) is 0 Å². The second-order valence-electron chi connectivity index (χ2n) is 5.09. The number of imidazole rings is 1. The SMILES string of the molecule is Cc1ccc(-c2nc3ccccn3c2CCCN)cc1. The Kier molecular flexibility index (Phi) is 3.52. The van der Waals surface area contributed by atoms with Gasteiger partial charge >= 0.3 is 0 Å². The molecule has 0 bridgehead atoms. The molecule has 0 atom stereocenters. The van der Waals surface area contributed by atoms with Gasteiger partial charge in [-0.1, -0.05) is 35.9 Å². The van der Waals surface area contributed by atoms with E-state index in [-0.39, 0.29) is 0 Å². The smallest absolute Gasteiger partial charge is 0.137 e. The normalized spacial score (nSPS) is 11.1. The van der Waals surface area contributed by atoms with Crippen molar-refractivity contribution in [1.29, 1.82) is 0 Å². The van der Waals surface area contributed by atoms with Gasteiger partial charge in [0.05, 0.1) is 11.4 Å². The van der Waals surface area contributed by atoms with E-state index in [1.165, 1.54) is 16.8 Å². The topological polar surface area (TPSA) is 43.3 Å². The Morgan fingerprint density at radius 3 is 2.65 bits per heavy atom. The van der Waals surface area contributed by atoms with Crippen molar-refractivity contribution in [3.63, 3.8) is 0 Å². The molecule has 0 aliphatic rings. The van der Waals surface area contributed by atoms with E-state index in [4.69, 9.17) is 10.7 Å². The highest BCUT2D eigenvalue weighted by Gasteiger charge is 2.12. The van der Waals surface area contributed by atoms with E-state index in [9.17, 15) is 0 Å². The van der Waals surface area contributed by atoms with Crippen molar-refractivity contribution in [3.05, 3.63) is 59.9 Å². The predicted octanol–water partition coefficient (Wildman–Crippen LogP) is 3.20. The van der Waals surface area contributed by atoms with Crippen LogP contribution in [0.3, 0.4) is 0 Å². The van der Waals surface area contributed by atoms with E-state index in [0.29, 0.717) is 6.54 Å². The lowest BCUT2D eigenvalue weighted by molar-refractivity contribution is 0.804. The van der Waals surface area contributed by atoms with Gasteiger partial charge in [-0.3, -0.25) is 0 Å². The number of benzene rings is 1. The number of rotatable bonds is 4. The summed E-state index contributed by atoms with van der Waals surface area (Å²) >= 11 is 0. The molecular formula is C17H19N3. The van der Waals surface area contributed by atoms with Gasteiger partial charge in [-0.05, 0) is 38.4 Å². The van der Waals surface area contributed by atoms with E-state index in [0.717, 1.165) is 24.2 Å². The van der Waals surface area contributed by atoms with Gasteiger partial charge in [0, 0.05) is 11.8 Å². The van der Waals surface area contributed by atoms with Gasteiger partial charge in [0.2, 0.25) is 0 Å². The number of hydrogen-bond donors (Lipinski definition) is 1. The summed E-state index contributed by atoms with van der Waals surface area (Å²) in [4.78, 5) is 4.79. The fourth-order valence-corrected chi connectivity index (χ4v) is 2.50. The molecule has 1 aromatic carbocycles. The first-order valence-corrected chi connectivity index (χ1v) is 7.02. The minimum absolute atomic E-state index is 0.702. The van der Waals surface area contributed by atoms with Crippen molar-refractivity contribution >= 4 is 5.65 Å². The third-order valence-corrected chi connectivity index (χ3v) is 3.57. The molecule has 0 aliphatic carbocycles. The van der Waals surface area contributed by atoms with Crippen molar-refractivity contribution in [1.82, 2.24) is 9.38 Å². The minimum Gasteiger partial charge on any atom is -0.330 e. The Bertz CT molecular complexity index is 711. The molecule has 3 heteroatoms. The Labute approximate surface area is 119 Å². The van der Waals surface area contributed by atoms with E-state index in [1.807, 2.05) is 18.2 Å². The summed E-state index contributed by atoms with van der Waals surface area (Å²) in [6.07, 6.45) is 4.00. The highest BCUT2D eigenvalue weighted by molar-refractivity contribution is 5.66. The third-order valence-electron chi connectivity index (χ3n) is 3.57. The number of nitrogens with zero attached hydrogens (tertiary/aromatic N) is 2. The molecule has 2 heterocycles. The minimum atomic E-state index is 0.702. The van der Waals surface area contributed by atoms with Crippen LogP contribution < -0.4 is 5.73 Å². The molecule has 3 aromatic rings. The zero-order valence-corrected chi connectivity index (χ0v) is 11.7. The third kappa shape index (κ3) is 2.32. The summed E-state index contributed by atoms with van der Waals surface area (Å²) in [5.74, 6) is 0. The fourth-order valence-electron chi connectivity index (χ4n) is 2.50. The molecule has 0 aliphatic heterocycles. The lowest BCUT2D eigenvalue weighted by Crippen LogP contribution is -2.03. The highest BCUT2D eigenvalue weighted by atomic mass is 15.0. The summed E-state index contributed by atoms with van der Waals surface area (Å²) in [5, 5.41) is 0. The van der Waals surface area contributed by atoms with E-state index < -0.39 is 0 Å². The number of pyridine rings is 1. The molecule has 0 saturated heterocycles. The van der Waals surface area contributed by atoms with Crippen molar-refractivity contribution < 1.29 is 0 Å². The summed E-state index contributed by atoms with van der Waals surface area (Å²) < 4.78 is 2.17. The lowest BCUT2D eigenvalue weighted by Gasteiger charge is -2.05. The quantitative estimate of drug-likeness (QED) is 0.787. The lowest BCUT2D eigenvalue weighted by atomic mass is 10.1. The fraction of sp³-hybridized carbons (Fsp3) is 0.235. The molecule has 0 radical (unpaired) electrons. The molecular weight excluding hydrogens is 246 g/mol. The molecule has 2 aromatic heterocycles. The van der Waals surface area contributed by atoms with Gasteiger partial charge in [0.1, 0.15) is 5.65 Å². The molecule has 0 unspecified atom stereocenters. The highest BCUT2D eigenvalue weighted by Crippen LogP contribution is 2.25. The summed E-state index contributed by atoms with van der Waals surface area (Å²) in [6, 6.07) is 14.7. The summed E-state index contributed by atoms with van der Waals surface area (Å²) in [5.41, 5.74) is 11.4. The van der Waals surface area contributed by atoms with Crippen molar-refractivity contribution in [2.45, 2.75) is 19.8 Å². The van der Waals surface area contributed by atoms with Gasteiger partial charge in [-0.15, -0.1) is 0 Å². The molecule has 3 rings (SSSR count). The van der Waals surface area contributed by atoms with Crippen LogP contribution in [0.1, 0.15) is 17.7 Å².